The molecule has 0 radical (unpaired) electrons. The molecule has 1 unspecified atom stereocenters. The van der Waals surface area contributed by atoms with Gasteiger partial charge < -0.3 is 24.4 Å². The minimum absolute atomic E-state index is 0.107. The molecule has 2 rings (SSSR count). The highest BCUT2D eigenvalue weighted by molar-refractivity contribution is 5.95. The Bertz CT molecular complexity index is 931. The van der Waals surface area contributed by atoms with Gasteiger partial charge >= 0.3 is 0 Å². The Hall–Kier alpha value is -3.33. The summed E-state index contributed by atoms with van der Waals surface area (Å²) >= 11 is 0. The number of carbonyl (C=O) groups excluding carboxylic acids is 1. The molecule has 0 aliphatic carbocycles. The predicted molar refractivity (Wildman–Crippen MR) is 113 cm³/mol. The topological polar surface area (TPSA) is 104 Å². The van der Waals surface area contributed by atoms with E-state index in [1.165, 1.54) is 25.3 Å². The molecule has 162 valence electrons. The second-order valence-corrected chi connectivity index (χ2v) is 7.01. The Kier molecular flexibility index (Phi) is 7.60. The van der Waals surface area contributed by atoms with Crippen LogP contribution in [0.5, 0.6) is 17.2 Å². The number of aryl methyl sites for hydroxylation is 1. The molecule has 1 amide bonds. The summed E-state index contributed by atoms with van der Waals surface area (Å²) in [6.07, 6.45) is 0. The standard InChI is InChI=1S/C21H27N3O6/c1-13-9-19(29-5)20(30-6)10-15(13)12-23(3)14(2)21(25)22-17-8-7-16(24(26)27)11-18(17)28-4/h7-11,14H,12H2,1-6H3,(H,22,25)/p+1/t14-/m0/s1. The second kappa shape index (κ2) is 9.93. The van der Waals surface area contributed by atoms with Gasteiger partial charge in [0, 0.05) is 11.6 Å². The van der Waals surface area contributed by atoms with Gasteiger partial charge in [0.25, 0.3) is 11.6 Å². The quantitative estimate of drug-likeness (QED) is 0.477. The zero-order chi connectivity index (χ0) is 22.4. The van der Waals surface area contributed by atoms with Crippen molar-refractivity contribution >= 4 is 17.3 Å². The van der Waals surface area contributed by atoms with Gasteiger partial charge in [-0.2, -0.15) is 0 Å². The monoisotopic (exact) mass is 418 g/mol. The van der Waals surface area contributed by atoms with Crippen LogP contribution in [0.15, 0.2) is 30.3 Å². The fourth-order valence-corrected chi connectivity index (χ4v) is 3.03. The van der Waals surface area contributed by atoms with Crippen LogP contribution in [0.2, 0.25) is 0 Å². The van der Waals surface area contributed by atoms with Crippen LogP contribution in [0.4, 0.5) is 11.4 Å². The molecule has 0 saturated carbocycles. The molecule has 0 saturated heterocycles. The lowest BCUT2D eigenvalue weighted by Gasteiger charge is -2.23. The van der Waals surface area contributed by atoms with Crippen molar-refractivity contribution in [1.82, 2.24) is 0 Å². The van der Waals surface area contributed by atoms with Crippen LogP contribution >= 0.6 is 0 Å². The lowest BCUT2D eigenvalue weighted by Crippen LogP contribution is -3.12. The summed E-state index contributed by atoms with van der Waals surface area (Å²) in [5, 5.41) is 13.7. The minimum Gasteiger partial charge on any atom is -0.494 e. The number of non-ortho nitro benzene ring substituents is 1. The zero-order valence-corrected chi connectivity index (χ0v) is 18.1. The average molecular weight is 418 g/mol. The first-order valence-corrected chi connectivity index (χ1v) is 9.38. The van der Waals surface area contributed by atoms with E-state index in [1.54, 1.807) is 14.2 Å². The third kappa shape index (κ3) is 5.18. The minimum atomic E-state index is -0.514. The van der Waals surface area contributed by atoms with E-state index < -0.39 is 11.0 Å². The predicted octanol–water partition coefficient (Wildman–Crippen LogP) is 1.97. The van der Waals surface area contributed by atoms with E-state index in [2.05, 4.69) is 5.32 Å². The van der Waals surface area contributed by atoms with Crippen LogP contribution < -0.4 is 24.4 Å². The summed E-state index contributed by atoms with van der Waals surface area (Å²) in [4.78, 5) is 24.2. The van der Waals surface area contributed by atoms with E-state index >= 15 is 0 Å². The van der Waals surface area contributed by atoms with Crippen molar-refractivity contribution in [2.45, 2.75) is 26.4 Å². The van der Waals surface area contributed by atoms with Gasteiger partial charge in [0.2, 0.25) is 0 Å². The summed E-state index contributed by atoms with van der Waals surface area (Å²) in [5.74, 6) is 1.31. The first kappa shape index (κ1) is 23.0. The van der Waals surface area contributed by atoms with Gasteiger partial charge in [0.1, 0.15) is 12.3 Å². The van der Waals surface area contributed by atoms with E-state index in [4.69, 9.17) is 14.2 Å². The van der Waals surface area contributed by atoms with Crippen LogP contribution in [0, 0.1) is 17.0 Å². The Morgan fingerprint density at radius 1 is 1.10 bits per heavy atom. The van der Waals surface area contributed by atoms with Crippen molar-refractivity contribution < 1.29 is 28.8 Å². The molecule has 2 aromatic rings. The Morgan fingerprint density at radius 2 is 1.70 bits per heavy atom. The van der Waals surface area contributed by atoms with Gasteiger partial charge in [-0.15, -0.1) is 0 Å². The molecule has 0 aliphatic heterocycles. The van der Waals surface area contributed by atoms with Crippen LogP contribution in [-0.2, 0) is 11.3 Å². The van der Waals surface area contributed by atoms with Crippen LogP contribution in [0.3, 0.4) is 0 Å². The molecule has 9 heteroatoms. The van der Waals surface area contributed by atoms with Gasteiger partial charge in [0.05, 0.1) is 45.1 Å². The summed E-state index contributed by atoms with van der Waals surface area (Å²) < 4.78 is 15.9. The van der Waals surface area contributed by atoms with E-state index in [0.29, 0.717) is 23.7 Å². The molecule has 0 bridgehead atoms. The third-order valence-electron chi connectivity index (χ3n) is 5.10. The SMILES string of the molecule is COc1cc([N+](=O)[O-])ccc1NC(=O)[C@H](C)[NH+](C)Cc1cc(OC)c(OC)cc1C. The van der Waals surface area contributed by atoms with E-state index in [-0.39, 0.29) is 17.3 Å². The largest absolute Gasteiger partial charge is 0.494 e. The molecule has 30 heavy (non-hydrogen) atoms. The number of nitrogens with zero attached hydrogens (tertiary/aromatic N) is 1. The number of likely N-dealkylation sites (N-methyl/N-ethyl adjacent to an activating group) is 1. The molecule has 2 atom stereocenters. The van der Waals surface area contributed by atoms with Crippen LogP contribution in [-0.4, -0.2) is 45.2 Å². The molecule has 0 fully saturated rings. The number of benzene rings is 2. The number of nitro groups is 1. The zero-order valence-electron chi connectivity index (χ0n) is 18.1. The van der Waals surface area contributed by atoms with E-state index in [1.807, 2.05) is 33.0 Å². The van der Waals surface area contributed by atoms with Crippen LogP contribution in [0.25, 0.3) is 0 Å². The number of methoxy groups -OCH3 is 3. The van der Waals surface area contributed by atoms with Gasteiger partial charge in [-0.1, -0.05) is 0 Å². The number of rotatable bonds is 9. The number of hydrogen-bond acceptors (Lipinski definition) is 6. The van der Waals surface area contributed by atoms with Crippen molar-refractivity contribution in [3.63, 3.8) is 0 Å². The Labute approximate surface area is 175 Å². The first-order valence-electron chi connectivity index (χ1n) is 9.38. The van der Waals surface area contributed by atoms with Crippen molar-refractivity contribution in [3.8, 4) is 17.2 Å². The summed E-state index contributed by atoms with van der Waals surface area (Å²) in [7, 11) is 6.50. The molecule has 0 aromatic heterocycles. The number of amides is 1. The number of hydrogen-bond donors (Lipinski definition) is 2. The summed E-state index contributed by atoms with van der Waals surface area (Å²) in [6.45, 7) is 4.40. The smallest absolute Gasteiger partial charge is 0.282 e. The van der Waals surface area contributed by atoms with E-state index in [9.17, 15) is 14.9 Å². The number of anilines is 1. The fourth-order valence-electron chi connectivity index (χ4n) is 3.03. The fraction of sp³-hybridized carbons (Fsp3) is 0.381. The van der Waals surface area contributed by atoms with Gasteiger partial charge in [0.15, 0.2) is 17.5 Å². The van der Waals surface area contributed by atoms with Crippen molar-refractivity contribution in [1.29, 1.82) is 0 Å². The lowest BCUT2D eigenvalue weighted by molar-refractivity contribution is -0.907. The normalized spacial score (nSPS) is 12.6. The first-order chi connectivity index (χ1) is 14.2. The third-order valence-corrected chi connectivity index (χ3v) is 5.10. The number of nitrogens with one attached hydrogen (secondary N) is 2. The molecule has 0 aliphatic rings. The molecule has 0 heterocycles. The summed E-state index contributed by atoms with van der Waals surface area (Å²) in [5.41, 5.74) is 2.36. The highest BCUT2D eigenvalue weighted by atomic mass is 16.6. The van der Waals surface area contributed by atoms with Crippen molar-refractivity contribution in [2.75, 3.05) is 33.7 Å². The second-order valence-electron chi connectivity index (χ2n) is 7.01. The summed E-state index contributed by atoms with van der Waals surface area (Å²) in [6, 6.07) is 7.51. The van der Waals surface area contributed by atoms with Gasteiger partial charge in [-0.05, 0) is 37.6 Å². The Morgan fingerprint density at radius 3 is 2.27 bits per heavy atom. The Balaban J connectivity index is 2.14. The lowest BCUT2D eigenvalue weighted by atomic mass is 10.1. The average Bonchev–Trinajstić information content (AvgIpc) is 2.73. The maximum atomic E-state index is 12.8. The number of ether oxygens (including phenoxy) is 3. The highest BCUT2D eigenvalue weighted by Gasteiger charge is 2.24. The molecule has 2 aromatic carbocycles. The molecular weight excluding hydrogens is 390 g/mol. The van der Waals surface area contributed by atoms with Crippen LogP contribution in [0.1, 0.15) is 18.1 Å². The van der Waals surface area contributed by atoms with Crippen molar-refractivity contribution in [2.24, 2.45) is 0 Å². The molecule has 9 nitrogen and oxygen atoms in total. The highest BCUT2D eigenvalue weighted by Crippen LogP contribution is 2.30. The van der Waals surface area contributed by atoms with Gasteiger partial charge in [-0.3, -0.25) is 14.9 Å². The molecule has 0 spiro atoms. The molecular formula is C21H28N3O6+. The number of nitro benzene ring substituents is 1. The van der Waals surface area contributed by atoms with Gasteiger partial charge in [-0.25, -0.2) is 0 Å². The van der Waals surface area contributed by atoms with Crippen molar-refractivity contribution in [3.05, 3.63) is 51.6 Å². The number of carbonyl (C=O) groups is 1. The maximum Gasteiger partial charge on any atom is 0.282 e. The maximum absolute atomic E-state index is 12.8. The number of quaternary nitrogens is 1. The van der Waals surface area contributed by atoms with E-state index in [0.717, 1.165) is 16.0 Å². The molecule has 2 N–H and O–H groups in total.